The summed E-state index contributed by atoms with van der Waals surface area (Å²) in [5.74, 6) is 0.794. The topological polar surface area (TPSA) is 91.8 Å². The molecule has 1 aromatic carbocycles. The van der Waals surface area contributed by atoms with E-state index in [0.717, 1.165) is 18.7 Å². The average molecular weight is 402 g/mol. The maximum atomic E-state index is 12.0. The molecule has 154 valence electrons. The lowest BCUT2D eigenvalue weighted by atomic mass is 10.1. The average Bonchev–Trinajstić information content (AvgIpc) is 2.57. The second-order valence-electron chi connectivity index (χ2n) is 7.06. The first-order chi connectivity index (χ1) is 12.8. The first-order valence-electron chi connectivity index (χ1n) is 9.18. The highest BCUT2D eigenvalue weighted by atomic mass is 35.5. The van der Waals surface area contributed by atoms with Crippen molar-refractivity contribution >= 4 is 17.5 Å². The number of hydrogen-bond donors (Lipinski definition) is 4. The van der Waals surface area contributed by atoms with Crippen LogP contribution in [0.15, 0.2) is 12.1 Å². The van der Waals surface area contributed by atoms with Crippen LogP contribution in [-0.2, 0) is 11.3 Å². The molecule has 0 saturated carbocycles. The van der Waals surface area contributed by atoms with E-state index in [4.69, 9.17) is 26.2 Å². The van der Waals surface area contributed by atoms with Gasteiger partial charge in [0.2, 0.25) is 0 Å². The van der Waals surface area contributed by atoms with E-state index >= 15 is 0 Å². The fourth-order valence-corrected chi connectivity index (χ4v) is 2.52. The Balaban J connectivity index is 2.68. The molecule has 0 saturated heterocycles. The lowest BCUT2D eigenvalue weighted by molar-refractivity contribution is -0.124. The van der Waals surface area contributed by atoms with Gasteiger partial charge in [0.25, 0.3) is 5.91 Å². The molecular formula is C19H32ClN3O4. The fourth-order valence-electron chi connectivity index (χ4n) is 2.30. The summed E-state index contributed by atoms with van der Waals surface area (Å²) in [6.45, 7) is 10.8. The molecule has 0 aliphatic carbocycles. The highest BCUT2D eigenvalue weighted by molar-refractivity contribution is 6.31. The van der Waals surface area contributed by atoms with Crippen molar-refractivity contribution in [2.24, 2.45) is 0 Å². The van der Waals surface area contributed by atoms with E-state index in [1.165, 1.54) is 0 Å². The van der Waals surface area contributed by atoms with Gasteiger partial charge in [-0.3, -0.25) is 4.79 Å². The second-order valence-corrected chi connectivity index (χ2v) is 7.47. The van der Waals surface area contributed by atoms with Gasteiger partial charge in [0, 0.05) is 42.8 Å². The van der Waals surface area contributed by atoms with E-state index < -0.39 is 0 Å². The van der Waals surface area contributed by atoms with E-state index in [1.54, 1.807) is 6.07 Å². The fraction of sp³-hybridized carbons (Fsp3) is 0.632. The number of hydrogen-bond acceptors (Lipinski definition) is 6. The smallest absolute Gasteiger partial charge is 0.258 e. The Morgan fingerprint density at radius 3 is 2.41 bits per heavy atom. The molecule has 8 heteroatoms. The predicted molar refractivity (Wildman–Crippen MR) is 108 cm³/mol. The Kier molecular flexibility index (Phi) is 10.5. The zero-order valence-electron chi connectivity index (χ0n) is 16.7. The molecule has 1 rings (SSSR count). The monoisotopic (exact) mass is 401 g/mol. The Bertz CT molecular complexity index is 591. The summed E-state index contributed by atoms with van der Waals surface area (Å²) < 4.78 is 11.3. The Labute approximate surface area is 166 Å². The minimum Gasteiger partial charge on any atom is -0.490 e. The third kappa shape index (κ3) is 9.81. The van der Waals surface area contributed by atoms with Crippen molar-refractivity contribution in [3.8, 4) is 11.5 Å². The summed E-state index contributed by atoms with van der Waals surface area (Å²) in [4.78, 5) is 12.0. The van der Waals surface area contributed by atoms with Crippen molar-refractivity contribution in [1.29, 1.82) is 0 Å². The van der Waals surface area contributed by atoms with Gasteiger partial charge in [-0.15, -0.1) is 0 Å². The molecule has 0 aromatic heterocycles. The zero-order valence-corrected chi connectivity index (χ0v) is 17.4. The Morgan fingerprint density at radius 2 is 1.78 bits per heavy atom. The zero-order chi connectivity index (χ0) is 20.3. The van der Waals surface area contributed by atoms with Gasteiger partial charge in [-0.25, -0.2) is 0 Å². The van der Waals surface area contributed by atoms with Crippen LogP contribution in [0.1, 0.15) is 33.3 Å². The van der Waals surface area contributed by atoms with E-state index in [9.17, 15) is 4.79 Å². The van der Waals surface area contributed by atoms with Gasteiger partial charge in [-0.1, -0.05) is 11.6 Å². The second kappa shape index (κ2) is 12.0. The van der Waals surface area contributed by atoms with Crippen molar-refractivity contribution in [3.63, 3.8) is 0 Å². The lowest BCUT2D eigenvalue weighted by Gasteiger charge is -2.21. The number of carbonyl (C=O) groups is 1. The van der Waals surface area contributed by atoms with Gasteiger partial charge in [-0.2, -0.15) is 0 Å². The minimum atomic E-state index is -0.317. The normalized spacial score (nSPS) is 11.3. The third-order valence-corrected chi connectivity index (χ3v) is 3.72. The van der Waals surface area contributed by atoms with Crippen molar-refractivity contribution in [3.05, 3.63) is 22.7 Å². The standard InChI is InChI=1S/C19H32ClN3O4/c1-5-26-16-10-14(12-22-7-6-21-8-9-24)15(20)11-17(16)27-13-18(25)23-19(2,3)4/h10-11,21-22,24H,5-9,12-13H2,1-4H3,(H,23,25). The Morgan fingerprint density at radius 1 is 1.11 bits per heavy atom. The molecule has 1 aromatic rings. The number of aliphatic hydroxyl groups excluding tert-OH is 1. The van der Waals surface area contributed by atoms with Crippen LogP contribution in [-0.4, -0.2) is 56.0 Å². The number of carbonyl (C=O) groups excluding carboxylic acids is 1. The highest BCUT2D eigenvalue weighted by Gasteiger charge is 2.16. The van der Waals surface area contributed by atoms with E-state index in [-0.39, 0.29) is 24.7 Å². The van der Waals surface area contributed by atoms with Gasteiger partial charge in [0.05, 0.1) is 13.2 Å². The summed E-state index contributed by atoms with van der Waals surface area (Å²) in [6.07, 6.45) is 0. The van der Waals surface area contributed by atoms with Crippen LogP contribution in [0.2, 0.25) is 5.02 Å². The molecule has 0 fully saturated rings. The molecule has 1 amide bonds. The molecule has 4 N–H and O–H groups in total. The summed E-state index contributed by atoms with van der Waals surface area (Å²) in [5, 5.41) is 18.5. The van der Waals surface area contributed by atoms with Crippen molar-refractivity contribution in [2.45, 2.75) is 39.8 Å². The molecule has 0 unspecified atom stereocenters. The lowest BCUT2D eigenvalue weighted by Crippen LogP contribution is -2.43. The van der Waals surface area contributed by atoms with Crippen LogP contribution >= 0.6 is 11.6 Å². The molecule has 0 atom stereocenters. The molecule has 0 spiro atoms. The molecule has 0 radical (unpaired) electrons. The van der Waals surface area contributed by atoms with E-state index in [0.29, 0.717) is 36.2 Å². The minimum absolute atomic E-state index is 0.109. The number of halogens is 1. The first kappa shape index (κ1) is 23.5. The first-order valence-corrected chi connectivity index (χ1v) is 9.56. The predicted octanol–water partition coefficient (Wildman–Crippen LogP) is 1.70. The van der Waals surface area contributed by atoms with Gasteiger partial charge in [0.1, 0.15) is 0 Å². The molecule has 27 heavy (non-hydrogen) atoms. The maximum Gasteiger partial charge on any atom is 0.258 e. The van der Waals surface area contributed by atoms with Crippen molar-refractivity contribution < 1.29 is 19.4 Å². The highest BCUT2D eigenvalue weighted by Crippen LogP contribution is 2.33. The van der Waals surface area contributed by atoms with Gasteiger partial charge >= 0.3 is 0 Å². The molecule has 0 aliphatic rings. The number of benzene rings is 1. The van der Waals surface area contributed by atoms with Crippen molar-refractivity contribution in [2.75, 3.05) is 39.5 Å². The summed E-state index contributed by atoms with van der Waals surface area (Å²) in [6, 6.07) is 3.51. The number of nitrogens with one attached hydrogen (secondary N) is 3. The van der Waals surface area contributed by atoms with Crippen molar-refractivity contribution in [1.82, 2.24) is 16.0 Å². The number of rotatable bonds is 12. The SMILES string of the molecule is CCOc1cc(CNCCNCCO)c(Cl)cc1OCC(=O)NC(C)(C)C. The number of amides is 1. The Hall–Kier alpha value is -1.54. The van der Waals surface area contributed by atoms with Crippen LogP contribution in [0.25, 0.3) is 0 Å². The summed E-state index contributed by atoms with van der Waals surface area (Å²) in [5.41, 5.74) is 0.566. The van der Waals surface area contributed by atoms with Crippen LogP contribution in [0.4, 0.5) is 0 Å². The van der Waals surface area contributed by atoms with Gasteiger partial charge < -0.3 is 30.5 Å². The van der Waals surface area contributed by atoms with Crippen LogP contribution in [0.5, 0.6) is 11.5 Å². The van der Waals surface area contributed by atoms with E-state index in [1.807, 2.05) is 33.8 Å². The third-order valence-electron chi connectivity index (χ3n) is 3.37. The van der Waals surface area contributed by atoms with Gasteiger partial charge in [-0.05, 0) is 39.3 Å². The molecule has 0 heterocycles. The largest absolute Gasteiger partial charge is 0.490 e. The quantitative estimate of drug-likeness (QED) is 0.398. The molecular weight excluding hydrogens is 370 g/mol. The molecule has 0 bridgehead atoms. The van der Waals surface area contributed by atoms with Gasteiger partial charge in [0.15, 0.2) is 18.1 Å². The molecule has 0 aliphatic heterocycles. The number of ether oxygens (including phenoxy) is 2. The van der Waals surface area contributed by atoms with Crippen LogP contribution in [0.3, 0.4) is 0 Å². The maximum absolute atomic E-state index is 12.0. The van der Waals surface area contributed by atoms with Crippen LogP contribution < -0.4 is 25.4 Å². The van der Waals surface area contributed by atoms with E-state index in [2.05, 4.69) is 16.0 Å². The van der Waals surface area contributed by atoms with Crippen LogP contribution in [0, 0.1) is 0 Å². The summed E-state index contributed by atoms with van der Waals surface area (Å²) >= 11 is 6.36. The molecule has 7 nitrogen and oxygen atoms in total. The summed E-state index contributed by atoms with van der Waals surface area (Å²) in [7, 11) is 0. The number of aliphatic hydroxyl groups is 1.